The van der Waals surface area contributed by atoms with Crippen LogP contribution < -0.4 is 11.1 Å². The van der Waals surface area contributed by atoms with Crippen LogP contribution in [-0.2, 0) is 9.53 Å². The molecule has 1 aliphatic rings. The quantitative estimate of drug-likeness (QED) is 0.642. The largest absolute Gasteiger partial charge is 0.469 e. The van der Waals surface area contributed by atoms with Crippen LogP contribution in [0.2, 0.25) is 0 Å². The fraction of sp³-hybridized carbons (Fsp3) is 0.417. The number of nitrogens with one attached hydrogen (secondary N) is 1. The van der Waals surface area contributed by atoms with Crippen molar-refractivity contribution in [3.63, 3.8) is 0 Å². The van der Waals surface area contributed by atoms with Crippen LogP contribution in [0.15, 0.2) is 22.7 Å². The molecule has 1 heterocycles. The summed E-state index contributed by atoms with van der Waals surface area (Å²) >= 11 is 3.36. The number of hydrogen-bond donors (Lipinski definition) is 2. The number of hydrogen-bond acceptors (Lipinski definition) is 4. The Hall–Kier alpha value is -1.07. The molecule has 1 aromatic carbocycles. The summed E-state index contributed by atoms with van der Waals surface area (Å²) in [4.78, 5) is 11.6. The van der Waals surface area contributed by atoms with Crippen molar-refractivity contribution in [3.05, 3.63) is 28.2 Å². The molecule has 92 valence electrons. The van der Waals surface area contributed by atoms with Gasteiger partial charge in [-0.05, 0) is 33.6 Å². The second kappa shape index (κ2) is 5.06. The average Bonchev–Trinajstić information content (AvgIpc) is 2.80. The number of nitrogens with two attached hydrogens (primary N) is 1. The van der Waals surface area contributed by atoms with Crippen molar-refractivity contribution < 1.29 is 9.53 Å². The SMILES string of the molecule is COC(=O)C1CNCC1c1ccc(Br)c(N)c1. The Labute approximate surface area is 109 Å². The van der Waals surface area contributed by atoms with Crippen molar-refractivity contribution in [2.24, 2.45) is 5.92 Å². The number of carbonyl (C=O) groups is 1. The maximum absolute atomic E-state index is 11.6. The number of methoxy groups -OCH3 is 1. The van der Waals surface area contributed by atoms with Crippen LogP contribution in [0.4, 0.5) is 5.69 Å². The molecule has 1 saturated heterocycles. The summed E-state index contributed by atoms with van der Waals surface area (Å²) in [7, 11) is 1.42. The predicted octanol–water partition coefficient (Wildman–Crippen LogP) is 1.51. The van der Waals surface area contributed by atoms with Crippen molar-refractivity contribution in [1.29, 1.82) is 0 Å². The number of rotatable bonds is 2. The maximum Gasteiger partial charge on any atom is 0.310 e. The molecule has 0 spiro atoms. The zero-order valence-corrected chi connectivity index (χ0v) is 11.2. The molecule has 0 radical (unpaired) electrons. The van der Waals surface area contributed by atoms with Gasteiger partial charge in [-0.3, -0.25) is 4.79 Å². The van der Waals surface area contributed by atoms with E-state index in [9.17, 15) is 4.79 Å². The van der Waals surface area contributed by atoms with Crippen molar-refractivity contribution >= 4 is 27.6 Å². The number of anilines is 1. The molecule has 2 unspecified atom stereocenters. The van der Waals surface area contributed by atoms with Crippen LogP contribution >= 0.6 is 15.9 Å². The van der Waals surface area contributed by atoms with Gasteiger partial charge in [-0.2, -0.15) is 0 Å². The molecule has 1 aromatic rings. The van der Waals surface area contributed by atoms with E-state index in [-0.39, 0.29) is 17.8 Å². The number of ether oxygens (including phenoxy) is 1. The minimum absolute atomic E-state index is 0.124. The van der Waals surface area contributed by atoms with Gasteiger partial charge < -0.3 is 15.8 Å². The highest BCUT2D eigenvalue weighted by Gasteiger charge is 2.34. The first-order valence-corrected chi connectivity index (χ1v) is 6.26. The van der Waals surface area contributed by atoms with Crippen LogP contribution in [-0.4, -0.2) is 26.2 Å². The molecular weight excluding hydrogens is 284 g/mol. The second-order valence-corrected chi connectivity index (χ2v) is 5.03. The van der Waals surface area contributed by atoms with Crippen molar-refractivity contribution in [1.82, 2.24) is 5.32 Å². The highest BCUT2D eigenvalue weighted by molar-refractivity contribution is 9.10. The number of halogens is 1. The predicted molar refractivity (Wildman–Crippen MR) is 69.7 cm³/mol. The molecule has 0 aromatic heterocycles. The highest BCUT2D eigenvalue weighted by Crippen LogP contribution is 2.32. The van der Waals surface area contributed by atoms with E-state index in [0.717, 1.165) is 16.6 Å². The molecular formula is C12H15BrN2O2. The third-order valence-corrected chi connectivity index (χ3v) is 3.89. The highest BCUT2D eigenvalue weighted by atomic mass is 79.9. The number of esters is 1. The van der Waals surface area contributed by atoms with Crippen LogP contribution in [0.5, 0.6) is 0 Å². The molecule has 2 atom stereocenters. The Bertz CT molecular complexity index is 437. The topological polar surface area (TPSA) is 64.3 Å². The zero-order valence-electron chi connectivity index (χ0n) is 9.57. The lowest BCUT2D eigenvalue weighted by atomic mass is 9.89. The van der Waals surface area contributed by atoms with E-state index >= 15 is 0 Å². The van der Waals surface area contributed by atoms with Crippen molar-refractivity contribution in [3.8, 4) is 0 Å². The summed E-state index contributed by atoms with van der Waals surface area (Å²) in [6.07, 6.45) is 0. The van der Waals surface area contributed by atoms with Gasteiger partial charge in [-0.1, -0.05) is 6.07 Å². The summed E-state index contributed by atoms with van der Waals surface area (Å²) in [5.41, 5.74) is 7.63. The van der Waals surface area contributed by atoms with Gasteiger partial charge in [-0.15, -0.1) is 0 Å². The molecule has 3 N–H and O–H groups in total. The minimum Gasteiger partial charge on any atom is -0.469 e. The van der Waals surface area contributed by atoms with Crippen molar-refractivity contribution in [2.45, 2.75) is 5.92 Å². The van der Waals surface area contributed by atoms with E-state index in [4.69, 9.17) is 10.5 Å². The van der Waals surface area contributed by atoms with Crippen molar-refractivity contribution in [2.75, 3.05) is 25.9 Å². The average molecular weight is 299 g/mol. The van der Waals surface area contributed by atoms with Gasteiger partial charge in [0.05, 0.1) is 13.0 Å². The van der Waals surface area contributed by atoms with Gasteiger partial charge in [0, 0.05) is 29.2 Å². The van der Waals surface area contributed by atoms with Crippen LogP contribution in [0, 0.1) is 5.92 Å². The molecule has 5 heteroatoms. The first-order chi connectivity index (χ1) is 8.13. The fourth-order valence-corrected chi connectivity index (χ4v) is 2.47. The number of carbonyl (C=O) groups excluding carboxylic acids is 1. The number of benzene rings is 1. The summed E-state index contributed by atoms with van der Waals surface area (Å²) in [5.74, 6) is -0.153. The molecule has 1 aliphatic heterocycles. The summed E-state index contributed by atoms with van der Waals surface area (Å²) in [5, 5.41) is 3.22. The van der Waals surface area contributed by atoms with E-state index in [1.165, 1.54) is 7.11 Å². The second-order valence-electron chi connectivity index (χ2n) is 4.18. The molecule has 0 aliphatic carbocycles. The van der Waals surface area contributed by atoms with E-state index in [1.54, 1.807) is 0 Å². The van der Waals surface area contributed by atoms with Crippen LogP contribution in [0.1, 0.15) is 11.5 Å². The maximum atomic E-state index is 11.6. The Morgan fingerprint density at radius 1 is 1.53 bits per heavy atom. The van der Waals surface area contributed by atoms with E-state index in [2.05, 4.69) is 21.2 Å². The Morgan fingerprint density at radius 2 is 2.29 bits per heavy atom. The minimum atomic E-state index is -0.165. The smallest absolute Gasteiger partial charge is 0.310 e. The molecule has 0 amide bonds. The fourth-order valence-electron chi connectivity index (χ4n) is 2.22. The van der Waals surface area contributed by atoms with Gasteiger partial charge in [0.2, 0.25) is 0 Å². The monoisotopic (exact) mass is 298 g/mol. The summed E-state index contributed by atoms with van der Waals surface area (Å²) in [6, 6.07) is 5.82. The molecule has 0 saturated carbocycles. The molecule has 4 nitrogen and oxygen atoms in total. The normalized spacial score (nSPS) is 23.6. The van der Waals surface area contributed by atoms with E-state index in [0.29, 0.717) is 12.2 Å². The zero-order chi connectivity index (χ0) is 12.4. The lowest BCUT2D eigenvalue weighted by Gasteiger charge is -2.17. The molecule has 17 heavy (non-hydrogen) atoms. The Balaban J connectivity index is 2.26. The van der Waals surface area contributed by atoms with Gasteiger partial charge in [0.1, 0.15) is 0 Å². The Morgan fingerprint density at radius 3 is 2.94 bits per heavy atom. The van der Waals surface area contributed by atoms with Crippen LogP contribution in [0.25, 0.3) is 0 Å². The third kappa shape index (κ3) is 2.45. The van der Waals surface area contributed by atoms with Gasteiger partial charge in [-0.25, -0.2) is 0 Å². The van der Waals surface area contributed by atoms with Gasteiger partial charge in [0.25, 0.3) is 0 Å². The van der Waals surface area contributed by atoms with Gasteiger partial charge >= 0.3 is 5.97 Å². The van der Waals surface area contributed by atoms with E-state index in [1.807, 2.05) is 18.2 Å². The van der Waals surface area contributed by atoms with Crippen LogP contribution in [0.3, 0.4) is 0 Å². The standard InChI is InChI=1S/C12H15BrN2O2/c1-17-12(16)9-6-15-5-8(9)7-2-3-10(13)11(14)4-7/h2-4,8-9,15H,5-6,14H2,1H3. The molecule has 1 fully saturated rings. The Kier molecular flexibility index (Phi) is 3.69. The molecule has 2 rings (SSSR count). The third-order valence-electron chi connectivity index (χ3n) is 3.17. The van der Waals surface area contributed by atoms with Gasteiger partial charge in [0.15, 0.2) is 0 Å². The van der Waals surface area contributed by atoms with E-state index < -0.39 is 0 Å². The lowest BCUT2D eigenvalue weighted by molar-refractivity contribution is -0.145. The number of nitrogen functional groups attached to an aromatic ring is 1. The first kappa shape index (κ1) is 12.4. The first-order valence-electron chi connectivity index (χ1n) is 5.47. The molecule has 0 bridgehead atoms. The summed E-state index contributed by atoms with van der Waals surface area (Å²) < 4.78 is 5.70. The summed E-state index contributed by atoms with van der Waals surface area (Å²) in [6.45, 7) is 1.44. The lowest BCUT2D eigenvalue weighted by Crippen LogP contribution is -2.23.